The first kappa shape index (κ1) is 12.8. The van der Waals surface area contributed by atoms with E-state index >= 15 is 0 Å². The number of hydrogen-bond acceptors (Lipinski definition) is 5. The number of carbonyl (C=O) groups is 2. The summed E-state index contributed by atoms with van der Waals surface area (Å²) in [4.78, 5) is 23.3. The first-order valence-corrected chi connectivity index (χ1v) is 5.56. The zero-order chi connectivity index (χ0) is 14.0. The normalized spacial score (nSPS) is 17.6. The van der Waals surface area contributed by atoms with Gasteiger partial charge in [-0.15, -0.1) is 5.01 Å². The highest BCUT2D eigenvalue weighted by atomic mass is 16.6. The smallest absolute Gasteiger partial charge is 0.432 e. The number of ether oxygens (including phenoxy) is 1. The fourth-order valence-electron chi connectivity index (χ4n) is 1.56. The van der Waals surface area contributed by atoms with E-state index in [4.69, 9.17) is 10.00 Å². The Morgan fingerprint density at radius 3 is 2.74 bits per heavy atom. The van der Waals surface area contributed by atoms with Crippen LogP contribution in [0.25, 0.3) is 0 Å². The number of nitrogens with zero attached hydrogens (tertiary/aromatic N) is 3. The van der Waals surface area contributed by atoms with Crippen molar-refractivity contribution in [1.29, 1.82) is 5.26 Å². The van der Waals surface area contributed by atoms with Gasteiger partial charge in [0.2, 0.25) is 0 Å². The van der Waals surface area contributed by atoms with Crippen LogP contribution in [-0.4, -0.2) is 28.8 Å². The number of benzene rings is 1. The van der Waals surface area contributed by atoms with Gasteiger partial charge in [0.05, 0.1) is 17.8 Å². The molecule has 96 valence electrons. The largest absolute Gasteiger partial charge is 0.438 e. The van der Waals surface area contributed by atoms with Crippen molar-refractivity contribution in [2.45, 2.75) is 19.4 Å². The molecule has 0 unspecified atom stereocenters. The number of imide groups is 1. The lowest BCUT2D eigenvalue weighted by molar-refractivity contribution is -0.134. The Hall–Kier alpha value is -2.68. The van der Waals surface area contributed by atoms with E-state index in [0.29, 0.717) is 16.1 Å². The molecule has 2 amide bonds. The van der Waals surface area contributed by atoms with Gasteiger partial charge in [0.1, 0.15) is 0 Å². The topological polar surface area (TPSA) is 82.8 Å². The number of carbonyl (C=O) groups excluding carboxylic acids is 2. The molecular weight excluding hydrogens is 246 g/mol. The maximum atomic E-state index is 11.8. The molecular formula is C13H11N3O3. The molecule has 19 heavy (non-hydrogen) atoms. The Labute approximate surface area is 109 Å². The molecule has 0 aliphatic carbocycles. The predicted octanol–water partition coefficient (Wildman–Crippen LogP) is 1.65. The summed E-state index contributed by atoms with van der Waals surface area (Å²) in [5.41, 5.74) is -0.105. The van der Waals surface area contributed by atoms with Crippen LogP contribution in [0.5, 0.6) is 0 Å². The molecule has 1 saturated heterocycles. The number of rotatable bonds is 2. The number of hydrazone groups is 1. The molecule has 0 atom stereocenters. The molecule has 1 aromatic carbocycles. The van der Waals surface area contributed by atoms with Crippen LogP contribution in [0.3, 0.4) is 0 Å². The van der Waals surface area contributed by atoms with E-state index in [1.165, 1.54) is 20.1 Å². The summed E-state index contributed by atoms with van der Waals surface area (Å²) in [6, 6.07) is 8.64. The molecule has 1 aliphatic heterocycles. The van der Waals surface area contributed by atoms with E-state index in [1.54, 1.807) is 24.3 Å². The lowest BCUT2D eigenvalue weighted by Gasteiger charge is -2.10. The Morgan fingerprint density at radius 2 is 2.16 bits per heavy atom. The number of nitriles is 1. The fourth-order valence-corrected chi connectivity index (χ4v) is 1.56. The molecule has 1 aromatic rings. The molecule has 0 aromatic heterocycles. The highest BCUT2D eigenvalue weighted by Gasteiger charge is 2.47. The quantitative estimate of drug-likeness (QED) is 0.754. The first-order chi connectivity index (χ1) is 8.94. The second-order valence-electron chi connectivity index (χ2n) is 4.48. The zero-order valence-electron chi connectivity index (χ0n) is 10.5. The van der Waals surface area contributed by atoms with Gasteiger partial charge in [0.15, 0.2) is 5.60 Å². The van der Waals surface area contributed by atoms with E-state index in [9.17, 15) is 9.59 Å². The lowest BCUT2D eigenvalue weighted by atomic mass is 10.1. The van der Waals surface area contributed by atoms with E-state index in [-0.39, 0.29) is 0 Å². The SMILES string of the molecule is CC1(C)OC(=O)N(/N=C/c2cccc(C#N)c2)C1=O. The minimum Gasteiger partial charge on any atom is -0.432 e. The van der Waals surface area contributed by atoms with Gasteiger partial charge >= 0.3 is 6.09 Å². The summed E-state index contributed by atoms with van der Waals surface area (Å²) in [7, 11) is 0. The summed E-state index contributed by atoms with van der Waals surface area (Å²) >= 11 is 0. The van der Waals surface area contributed by atoms with E-state index in [2.05, 4.69) is 5.10 Å². The van der Waals surface area contributed by atoms with Crippen molar-refractivity contribution in [1.82, 2.24) is 5.01 Å². The minimum atomic E-state index is -1.19. The van der Waals surface area contributed by atoms with Gasteiger partial charge in [0.25, 0.3) is 5.91 Å². The average Bonchev–Trinajstić information content (AvgIpc) is 2.57. The van der Waals surface area contributed by atoms with Crippen LogP contribution in [0, 0.1) is 11.3 Å². The van der Waals surface area contributed by atoms with Gasteiger partial charge in [-0.3, -0.25) is 4.79 Å². The van der Waals surface area contributed by atoms with Crippen molar-refractivity contribution in [3.05, 3.63) is 35.4 Å². The molecule has 1 heterocycles. The summed E-state index contributed by atoms with van der Waals surface area (Å²) in [6.45, 7) is 3.00. The monoisotopic (exact) mass is 257 g/mol. The van der Waals surface area contributed by atoms with E-state index < -0.39 is 17.6 Å². The highest BCUT2D eigenvalue weighted by molar-refractivity contribution is 6.02. The second-order valence-corrected chi connectivity index (χ2v) is 4.48. The maximum Gasteiger partial charge on any atom is 0.438 e. The van der Waals surface area contributed by atoms with Crippen molar-refractivity contribution < 1.29 is 14.3 Å². The van der Waals surface area contributed by atoms with Crippen molar-refractivity contribution >= 4 is 18.2 Å². The summed E-state index contributed by atoms with van der Waals surface area (Å²) < 4.78 is 4.88. The van der Waals surface area contributed by atoms with Crippen LogP contribution in [-0.2, 0) is 9.53 Å². The Morgan fingerprint density at radius 1 is 1.42 bits per heavy atom. The minimum absolute atomic E-state index is 0.472. The fraction of sp³-hybridized carbons (Fsp3) is 0.231. The van der Waals surface area contributed by atoms with Gasteiger partial charge in [-0.1, -0.05) is 12.1 Å². The summed E-state index contributed by atoms with van der Waals surface area (Å²) in [5, 5.41) is 13.2. The van der Waals surface area contributed by atoms with Gasteiger partial charge in [-0.2, -0.15) is 10.4 Å². The van der Waals surface area contributed by atoms with Gasteiger partial charge in [-0.05, 0) is 31.5 Å². The molecule has 0 saturated carbocycles. The zero-order valence-corrected chi connectivity index (χ0v) is 10.5. The molecule has 1 fully saturated rings. The third-order valence-corrected chi connectivity index (χ3v) is 2.56. The van der Waals surface area contributed by atoms with Crippen LogP contribution in [0.15, 0.2) is 29.4 Å². The number of amides is 2. The van der Waals surface area contributed by atoms with Crippen molar-refractivity contribution in [3.63, 3.8) is 0 Å². The molecule has 0 radical (unpaired) electrons. The van der Waals surface area contributed by atoms with Crippen LogP contribution in [0.2, 0.25) is 0 Å². The van der Waals surface area contributed by atoms with Gasteiger partial charge in [-0.25, -0.2) is 4.79 Å². The standard InChI is InChI=1S/C13H11N3O3/c1-13(2)11(17)16(12(18)19-13)15-8-10-5-3-4-9(6-10)7-14/h3-6,8H,1-2H3/b15-8+. The van der Waals surface area contributed by atoms with E-state index in [0.717, 1.165) is 0 Å². The Bertz CT molecular complexity index is 614. The van der Waals surface area contributed by atoms with Crippen LogP contribution in [0.1, 0.15) is 25.0 Å². The maximum absolute atomic E-state index is 11.8. The molecule has 0 N–H and O–H groups in total. The van der Waals surface area contributed by atoms with Crippen LogP contribution < -0.4 is 0 Å². The van der Waals surface area contributed by atoms with Crippen molar-refractivity contribution in [3.8, 4) is 6.07 Å². The summed E-state index contributed by atoms with van der Waals surface area (Å²) in [6.07, 6.45) is 0.532. The lowest BCUT2D eigenvalue weighted by Crippen LogP contribution is -2.33. The average molecular weight is 257 g/mol. The predicted molar refractivity (Wildman–Crippen MR) is 66.2 cm³/mol. The first-order valence-electron chi connectivity index (χ1n) is 5.56. The number of cyclic esters (lactones) is 1. The molecule has 2 rings (SSSR count). The van der Waals surface area contributed by atoms with Gasteiger partial charge in [0, 0.05) is 0 Å². The van der Waals surface area contributed by atoms with Crippen LogP contribution >= 0.6 is 0 Å². The van der Waals surface area contributed by atoms with E-state index in [1.807, 2.05) is 6.07 Å². The highest BCUT2D eigenvalue weighted by Crippen LogP contribution is 2.23. The van der Waals surface area contributed by atoms with Crippen molar-refractivity contribution in [2.24, 2.45) is 5.10 Å². The molecule has 6 heteroatoms. The third kappa shape index (κ3) is 2.45. The molecule has 1 aliphatic rings. The Balaban J connectivity index is 2.22. The van der Waals surface area contributed by atoms with Crippen molar-refractivity contribution in [2.75, 3.05) is 0 Å². The molecule has 0 spiro atoms. The molecule has 0 bridgehead atoms. The number of hydrogen-bond donors (Lipinski definition) is 0. The van der Waals surface area contributed by atoms with Gasteiger partial charge < -0.3 is 4.74 Å². The summed E-state index contributed by atoms with van der Waals surface area (Å²) in [5.74, 6) is -0.523. The van der Waals surface area contributed by atoms with Crippen LogP contribution in [0.4, 0.5) is 4.79 Å². The third-order valence-electron chi connectivity index (χ3n) is 2.56. The second kappa shape index (κ2) is 4.53. The molecule has 6 nitrogen and oxygen atoms in total. The Kier molecular flexibility index (Phi) is 3.05.